The summed E-state index contributed by atoms with van der Waals surface area (Å²) in [5.41, 5.74) is 2.13. The van der Waals surface area contributed by atoms with Crippen molar-refractivity contribution in [2.24, 2.45) is 0 Å². The van der Waals surface area contributed by atoms with Crippen LogP contribution in [0.2, 0.25) is 0 Å². The maximum absolute atomic E-state index is 13.4. The monoisotopic (exact) mass is 395 g/mol. The first-order chi connectivity index (χ1) is 13.9. The molecule has 0 radical (unpaired) electrons. The van der Waals surface area contributed by atoms with Crippen LogP contribution in [0.5, 0.6) is 5.75 Å². The lowest BCUT2D eigenvalue weighted by Gasteiger charge is -2.41. The van der Waals surface area contributed by atoms with Gasteiger partial charge in [0.2, 0.25) is 0 Å². The molecule has 29 heavy (non-hydrogen) atoms. The molecule has 1 saturated carbocycles. The third-order valence-electron chi connectivity index (χ3n) is 6.46. The number of fused-ring (bicyclic) bond motifs is 1. The van der Waals surface area contributed by atoms with Crippen molar-refractivity contribution in [3.8, 4) is 5.75 Å². The molecule has 2 N–H and O–H groups in total. The summed E-state index contributed by atoms with van der Waals surface area (Å²) in [6.07, 6.45) is 3.76. The van der Waals surface area contributed by atoms with Crippen molar-refractivity contribution in [1.29, 1.82) is 0 Å². The van der Waals surface area contributed by atoms with Gasteiger partial charge >= 0.3 is 0 Å². The highest BCUT2D eigenvalue weighted by atomic mass is 16.5. The molecule has 0 unspecified atom stereocenters. The summed E-state index contributed by atoms with van der Waals surface area (Å²) in [6, 6.07) is 10.1. The van der Waals surface area contributed by atoms with E-state index in [1.807, 2.05) is 45.2 Å². The fourth-order valence-corrected chi connectivity index (χ4v) is 4.50. The fourth-order valence-electron chi connectivity index (χ4n) is 4.50. The standard InChI is InChI=1S/C23H29N3O3/c1-15-12-19(21(27)25-16(15)2)22(28)26-13-17-6-4-5-7-20(17)29-23(14-26)10-8-18(24-3)9-11-23/h4-7,12,18,24H,8-11,13-14H2,1-3H3,(H,25,27). The number of amides is 1. The Morgan fingerprint density at radius 3 is 2.69 bits per heavy atom. The summed E-state index contributed by atoms with van der Waals surface area (Å²) in [5.74, 6) is 0.615. The first-order valence-electron chi connectivity index (χ1n) is 10.3. The largest absolute Gasteiger partial charge is 0.485 e. The van der Waals surface area contributed by atoms with Crippen molar-refractivity contribution in [2.75, 3.05) is 13.6 Å². The van der Waals surface area contributed by atoms with Gasteiger partial charge in [0.05, 0.1) is 6.54 Å². The van der Waals surface area contributed by atoms with E-state index in [9.17, 15) is 9.59 Å². The minimum Gasteiger partial charge on any atom is -0.485 e. The number of nitrogens with zero attached hydrogens (tertiary/aromatic N) is 1. The molecule has 0 saturated heterocycles. The van der Waals surface area contributed by atoms with E-state index in [1.54, 1.807) is 11.0 Å². The van der Waals surface area contributed by atoms with Crippen LogP contribution < -0.4 is 15.6 Å². The lowest BCUT2D eigenvalue weighted by molar-refractivity contribution is 0.000380. The Bertz CT molecular complexity index is 974. The highest BCUT2D eigenvalue weighted by Crippen LogP contribution is 2.38. The summed E-state index contributed by atoms with van der Waals surface area (Å²) in [5, 5.41) is 3.36. The van der Waals surface area contributed by atoms with Gasteiger partial charge in [0.25, 0.3) is 11.5 Å². The zero-order chi connectivity index (χ0) is 20.6. The van der Waals surface area contributed by atoms with Crippen molar-refractivity contribution in [1.82, 2.24) is 15.2 Å². The molecule has 1 aliphatic heterocycles. The molecular weight excluding hydrogens is 366 g/mol. The lowest BCUT2D eigenvalue weighted by Crippen LogP contribution is -2.52. The minimum absolute atomic E-state index is 0.201. The third-order valence-corrected chi connectivity index (χ3v) is 6.46. The number of nitrogens with one attached hydrogen (secondary N) is 2. The second-order valence-corrected chi connectivity index (χ2v) is 8.44. The second kappa shape index (κ2) is 7.67. The topological polar surface area (TPSA) is 74.4 Å². The number of rotatable bonds is 2. The zero-order valence-electron chi connectivity index (χ0n) is 17.4. The summed E-state index contributed by atoms with van der Waals surface area (Å²) >= 11 is 0. The maximum atomic E-state index is 13.4. The van der Waals surface area contributed by atoms with E-state index in [0.717, 1.165) is 48.3 Å². The van der Waals surface area contributed by atoms with Gasteiger partial charge < -0.3 is 19.9 Å². The number of hydrogen-bond acceptors (Lipinski definition) is 4. The molecule has 2 aromatic rings. The number of carbonyl (C=O) groups excluding carboxylic acids is 1. The van der Waals surface area contributed by atoms with Gasteiger partial charge in [0.1, 0.15) is 16.9 Å². The molecule has 2 aliphatic rings. The number of pyridine rings is 1. The predicted octanol–water partition coefficient (Wildman–Crippen LogP) is 2.93. The van der Waals surface area contributed by atoms with Crippen LogP contribution in [0.25, 0.3) is 0 Å². The molecule has 6 heteroatoms. The van der Waals surface area contributed by atoms with E-state index >= 15 is 0 Å². The van der Waals surface area contributed by atoms with Crippen molar-refractivity contribution in [3.05, 3.63) is 63.1 Å². The van der Waals surface area contributed by atoms with Crippen LogP contribution in [0.1, 0.15) is 52.9 Å². The molecule has 1 aromatic heterocycles. The van der Waals surface area contributed by atoms with E-state index in [4.69, 9.17) is 4.74 Å². The normalized spacial score (nSPS) is 24.0. The van der Waals surface area contributed by atoms with Crippen molar-refractivity contribution < 1.29 is 9.53 Å². The molecule has 1 aromatic carbocycles. The molecule has 2 heterocycles. The van der Waals surface area contributed by atoms with Crippen LogP contribution >= 0.6 is 0 Å². The molecule has 6 nitrogen and oxygen atoms in total. The van der Waals surface area contributed by atoms with Crippen LogP contribution in [0.15, 0.2) is 35.1 Å². The third kappa shape index (κ3) is 3.81. The Balaban J connectivity index is 1.70. The summed E-state index contributed by atoms with van der Waals surface area (Å²) in [6.45, 7) is 4.68. The van der Waals surface area contributed by atoms with Gasteiger partial charge in [0, 0.05) is 23.8 Å². The van der Waals surface area contributed by atoms with Gasteiger partial charge in [-0.05, 0) is 64.3 Å². The van der Waals surface area contributed by atoms with E-state index in [1.165, 1.54) is 0 Å². The van der Waals surface area contributed by atoms with E-state index in [-0.39, 0.29) is 17.0 Å². The number of ether oxygens (including phenoxy) is 1. The Hall–Kier alpha value is -2.60. The number of benzene rings is 1. The first-order valence-corrected chi connectivity index (χ1v) is 10.3. The van der Waals surface area contributed by atoms with Crippen LogP contribution in [0.3, 0.4) is 0 Å². The van der Waals surface area contributed by atoms with Gasteiger partial charge in [0.15, 0.2) is 0 Å². The van der Waals surface area contributed by atoms with E-state index in [0.29, 0.717) is 19.1 Å². The number of hydrogen-bond donors (Lipinski definition) is 2. The summed E-state index contributed by atoms with van der Waals surface area (Å²) in [4.78, 5) is 30.5. The van der Waals surface area contributed by atoms with Gasteiger partial charge in [-0.1, -0.05) is 18.2 Å². The SMILES string of the molecule is CNC1CCC2(CC1)CN(C(=O)c1cc(C)c(C)[nH]c1=O)Cc1ccccc1O2. The molecule has 0 bridgehead atoms. The fraction of sp³-hybridized carbons (Fsp3) is 0.478. The average Bonchev–Trinajstić information content (AvgIpc) is 2.87. The van der Waals surface area contributed by atoms with Crippen LogP contribution in [0, 0.1) is 13.8 Å². The predicted molar refractivity (Wildman–Crippen MR) is 112 cm³/mol. The van der Waals surface area contributed by atoms with E-state index < -0.39 is 5.60 Å². The molecule has 1 amide bonds. The van der Waals surface area contributed by atoms with Crippen LogP contribution in [0.4, 0.5) is 0 Å². The van der Waals surface area contributed by atoms with Gasteiger partial charge in [-0.2, -0.15) is 0 Å². The molecule has 4 rings (SSSR count). The Labute approximate surface area is 171 Å². The molecule has 1 fully saturated rings. The lowest BCUT2D eigenvalue weighted by atomic mass is 9.81. The van der Waals surface area contributed by atoms with Crippen molar-refractivity contribution in [3.63, 3.8) is 0 Å². The van der Waals surface area contributed by atoms with E-state index in [2.05, 4.69) is 10.3 Å². The van der Waals surface area contributed by atoms with Gasteiger partial charge in [-0.25, -0.2) is 0 Å². The highest BCUT2D eigenvalue weighted by molar-refractivity contribution is 5.94. The minimum atomic E-state index is -0.415. The smallest absolute Gasteiger partial charge is 0.261 e. The van der Waals surface area contributed by atoms with Gasteiger partial charge in [-0.3, -0.25) is 9.59 Å². The number of aryl methyl sites for hydroxylation is 2. The molecule has 1 spiro atoms. The molecule has 0 atom stereocenters. The zero-order valence-corrected chi connectivity index (χ0v) is 17.4. The number of carbonyl (C=O) groups is 1. The average molecular weight is 396 g/mol. The Kier molecular flexibility index (Phi) is 5.21. The molecule has 154 valence electrons. The number of aromatic nitrogens is 1. The first kappa shape index (κ1) is 19.7. The van der Waals surface area contributed by atoms with Gasteiger partial charge in [-0.15, -0.1) is 0 Å². The summed E-state index contributed by atoms with van der Waals surface area (Å²) in [7, 11) is 1.99. The molecular formula is C23H29N3O3. The maximum Gasteiger partial charge on any atom is 0.261 e. The quantitative estimate of drug-likeness (QED) is 0.820. The highest BCUT2D eigenvalue weighted by Gasteiger charge is 2.42. The Morgan fingerprint density at radius 2 is 1.97 bits per heavy atom. The van der Waals surface area contributed by atoms with Crippen LogP contribution in [-0.2, 0) is 6.54 Å². The Morgan fingerprint density at radius 1 is 1.24 bits per heavy atom. The van der Waals surface area contributed by atoms with Crippen molar-refractivity contribution >= 4 is 5.91 Å². The van der Waals surface area contributed by atoms with Crippen molar-refractivity contribution in [2.45, 2.75) is 57.7 Å². The number of H-pyrrole nitrogens is 1. The molecule has 1 aliphatic carbocycles. The summed E-state index contributed by atoms with van der Waals surface area (Å²) < 4.78 is 6.56. The number of para-hydroxylation sites is 1. The number of aromatic amines is 1. The second-order valence-electron chi connectivity index (χ2n) is 8.44. The van der Waals surface area contributed by atoms with Crippen LogP contribution in [-0.4, -0.2) is 41.0 Å².